The smallest absolute Gasteiger partial charge is 0.277 e. The fourth-order valence-corrected chi connectivity index (χ4v) is 4.23. The highest BCUT2D eigenvalue weighted by atomic mass is 16.2. The SMILES string of the molecule is CC(=O)c1ccc2c(c1)CCN2C(=O)c1c(-c2ccc(C)cc2)nc2ccc(C)cn12. The van der Waals surface area contributed by atoms with Crippen molar-refractivity contribution in [1.82, 2.24) is 9.38 Å². The van der Waals surface area contributed by atoms with Crippen molar-refractivity contribution in [1.29, 1.82) is 0 Å². The summed E-state index contributed by atoms with van der Waals surface area (Å²) in [5.74, 6) is -0.0468. The molecule has 0 bridgehead atoms. The van der Waals surface area contributed by atoms with Crippen LogP contribution in [-0.4, -0.2) is 27.6 Å². The molecule has 31 heavy (non-hydrogen) atoms. The number of anilines is 1. The number of carbonyl (C=O) groups excluding carboxylic acids is 2. The second kappa shape index (κ2) is 7.20. The molecule has 5 rings (SSSR count). The van der Waals surface area contributed by atoms with E-state index >= 15 is 0 Å². The fourth-order valence-electron chi connectivity index (χ4n) is 4.23. The maximum absolute atomic E-state index is 13.9. The summed E-state index contributed by atoms with van der Waals surface area (Å²) in [6.07, 6.45) is 2.70. The van der Waals surface area contributed by atoms with Crippen molar-refractivity contribution in [3.63, 3.8) is 0 Å². The van der Waals surface area contributed by atoms with E-state index in [2.05, 4.69) is 0 Å². The van der Waals surface area contributed by atoms with Crippen molar-refractivity contribution in [3.05, 3.63) is 88.7 Å². The lowest BCUT2D eigenvalue weighted by atomic mass is 10.1. The number of benzene rings is 2. The number of aryl methyl sites for hydroxylation is 2. The van der Waals surface area contributed by atoms with E-state index in [-0.39, 0.29) is 11.7 Å². The van der Waals surface area contributed by atoms with E-state index in [9.17, 15) is 9.59 Å². The Labute approximate surface area is 181 Å². The van der Waals surface area contributed by atoms with Crippen LogP contribution in [0.15, 0.2) is 60.8 Å². The molecule has 0 unspecified atom stereocenters. The van der Waals surface area contributed by atoms with Crippen molar-refractivity contribution >= 4 is 23.0 Å². The van der Waals surface area contributed by atoms with Crippen molar-refractivity contribution in [2.75, 3.05) is 11.4 Å². The highest BCUT2D eigenvalue weighted by Crippen LogP contribution is 2.33. The van der Waals surface area contributed by atoms with E-state index in [0.29, 0.717) is 23.5 Å². The lowest BCUT2D eigenvalue weighted by molar-refractivity contribution is 0.0982. The molecule has 0 atom stereocenters. The first-order valence-corrected chi connectivity index (χ1v) is 10.4. The van der Waals surface area contributed by atoms with E-state index in [1.165, 1.54) is 0 Å². The van der Waals surface area contributed by atoms with Gasteiger partial charge < -0.3 is 4.90 Å². The molecule has 0 fully saturated rings. The molecule has 154 valence electrons. The molecular formula is C26H23N3O2. The summed E-state index contributed by atoms with van der Waals surface area (Å²) in [5, 5.41) is 0. The number of amides is 1. The number of aromatic nitrogens is 2. The number of hydrogen-bond acceptors (Lipinski definition) is 3. The van der Waals surface area contributed by atoms with E-state index in [1.54, 1.807) is 13.0 Å². The van der Waals surface area contributed by atoms with E-state index in [0.717, 1.165) is 40.0 Å². The van der Waals surface area contributed by atoms with Gasteiger partial charge >= 0.3 is 0 Å². The van der Waals surface area contributed by atoms with Gasteiger partial charge in [0, 0.05) is 29.6 Å². The topological polar surface area (TPSA) is 54.7 Å². The summed E-state index contributed by atoms with van der Waals surface area (Å²) < 4.78 is 1.90. The van der Waals surface area contributed by atoms with Gasteiger partial charge in [0.2, 0.25) is 0 Å². The molecule has 1 aliphatic heterocycles. The average Bonchev–Trinajstić information content (AvgIpc) is 3.34. The number of pyridine rings is 1. The Kier molecular flexibility index (Phi) is 4.47. The number of fused-ring (bicyclic) bond motifs is 2. The summed E-state index contributed by atoms with van der Waals surface area (Å²) in [5.41, 5.74) is 7.70. The second-order valence-electron chi connectivity index (χ2n) is 8.22. The van der Waals surface area contributed by atoms with Gasteiger partial charge in [-0.3, -0.25) is 14.0 Å². The molecule has 3 heterocycles. The zero-order valence-electron chi connectivity index (χ0n) is 17.8. The number of ketones is 1. The van der Waals surface area contributed by atoms with Gasteiger partial charge in [-0.2, -0.15) is 0 Å². The second-order valence-corrected chi connectivity index (χ2v) is 8.22. The Balaban J connectivity index is 1.66. The van der Waals surface area contributed by atoms with Crippen molar-refractivity contribution in [2.45, 2.75) is 27.2 Å². The van der Waals surface area contributed by atoms with Crippen LogP contribution in [0.5, 0.6) is 0 Å². The summed E-state index contributed by atoms with van der Waals surface area (Å²) in [4.78, 5) is 32.3. The number of rotatable bonds is 3. The normalized spacial score (nSPS) is 12.9. The van der Waals surface area contributed by atoms with Crippen LogP contribution in [-0.2, 0) is 6.42 Å². The molecule has 4 aromatic rings. The zero-order chi connectivity index (χ0) is 21.7. The maximum Gasteiger partial charge on any atom is 0.277 e. The van der Waals surface area contributed by atoms with E-state index < -0.39 is 0 Å². The number of hydrogen-bond donors (Lipinski definition) is 0. The first-order chi connectivity index (χ1) is 14.9. The molecule has 0 N–H and O–H groups in total. The molecule has 0 spiro atoms. The summed E-state index contributed by atoms with van der Waals surface area (Å²) >= 11 is 0. The Bertz CT molecular complexity index is 1350. The highest BCUT2D eigenvalue weighted by molar-refractivity contribution is 6.10. The van der Waals surface area contributed by atoms with Gasteiger partial charge in [0.25, 0.3) is 5.91 Å². The molecule has 1 amide bonds. The maximum atomic E-state index is 13.9. The van der Waals surface area contributed by atoms with Gasteiger partial charge in [0.05, 0.1) is 0 Å². The van der Waals surface area contributed by atoms with Crippen molar-refractivity contribution in [2.24, 2.45) is 0 Å². The van der Waals surface area contributed by atoms with Gasteiger partial charge in [0.15, 0.2) is 5.78 Å². The predicted octanol–water partition coefficient (Wildman–Crippen LogP) is 5.02. The highest BCUT2D eigenvalue weighted by Gasteiger charge is 2.30. The van der Waals surface area contributed by atoms with Crippen LogP contribution in [0.2, 0.25) is 0 Å². The molecular weight excluding hydrogens is 386 g/mol. The van der Waals surface area contributed by atoms with Crippen LogP contribution in [0.25, 0.3) is 16.9 Å². The van der Waals surface area contributed by atoms with Crippen LogP contribution in [0.1, 0.15) is 44.5 Å². The third-order valence-electron chi connectivity index (χ3n) is 5.92. The number of Topliss-reactive ketones (excluding diaryl/α,β-unsaturated/α-hetero) is 1. The standard InChI is InChI=1S/C26H23N3O2/c1-16-4-7-19(8-5-16)24-25(29-15-17(2)6-11-23(29)27-24)26(31)28-13-12-21-14-20(18(3)30)9-10-22(21)28/h4-11,14-15H,12-13H2,1-3H3. The van der Waals surface area contributed by atoms with Gasteiger partial charge in [-0.1, -0.05) is 35.9 Å². The summed E-state index contributed by atoms with van der Waals surface area (Å²) in [6, 6.07) is 17.6. The zero-order valence-corrected chi connectivity index (χ0v) is 17.8. The third kappa shape index (κ3) is 3.22. The third-order valence-corrected chi connectivity index (χ3v) is 5.92. The van der Waals surface area contributed by atoms with Crippen molar-refractivity contribution in [3.8, 4) is 11.3 Å². The van der Waals surface area contributed by atoms with Crippen LogP contribution in [0, 0.1) is 13.8 Å². The average molecular weight is 409 g/mol. The molecule has 5 nitrogen and oxygen atoms in total. The van der Waals surface area contributed by atoms with Crippen LogP contribution in [0.4, 0.5) is 5.69 Å². The predicted molar refractivity (Wildman–Crippen MR) is 122 cm³/mol. The molecule has 0 aliphatic carbocycles. The minimum atomic E-state index is -0.0806. The number of nitrogens with zero attached hydrogens (tertiary/aromatic N) is 3. The molecule has 0 saturated heterocycles. The monoisotopic (exact) mass is 409 g/mol. The van der Waals surface area contributed by atoms with Crippen LogP contribution in [0.3, 0.4) is 0 Å². The van der Waals surface area contributed by atoms with Gasteiger partial charge in [0.1, 0.15) is 17.0 Å². The Hall–Kier alpha value is -3.73. The number of carbonyl (C=O) groups is 2. The van der Waals surface area contributed by atoms with Crippen molar-refractivity contribution < 1.29 is 9.59 Å². The molecule has 1 aliphatic rings. The summed E-state index contributed by atoms with van der Waals surface area (Å²) in [6.45, 7) is 6.20. The van der Waals surface area contributed by atoms with Gasteiger partial charge in [-0.05, 0) is 62.6 Å². The Morgan fingerprint density at radius 2 is 1.68 bits per heavy atom. The minimum Gasteiger partial charge on any atom is -0.306 e. The van der Waals surface area contributed by atoms with Crippen LogP contribution >= 0.6 is 0 Å². The lowest BCUT2D eigenvalue weighted by Gasteiger charge is -2.18. The first-order valence-electron chi connectivity index (χ1n) is 10.4. The van der Waals surface area contributed by atoms with Gasteiger partial charge in [-0.25, -0.2) is 4.98 Å². The molecule has 0 saturated carbocycles. The first kappa shape index (κ1) is 19.2. The van der Waals surface area contributed by atoms with E-state index in [1.807, 2.05) is 77.9 Å². The Morgan fingerprint density at radius 1 is 0.935 bits per heavy atom. The number of imidazole rings is 1. The summed E-state index contributed by atoms with van der Waals surface area (Å²) in [7, 11) is 0. The molecule has 2 aromatic carbocycles. The fraction of sp³-hybridized carbons (Fsp3) is 0.192. The lowest BCUT2D eigenvalue weighted by Crippen LogP contribution is -2.30. The Morgan fingerprint density at radius 3 is 2.42 bits per heavy atom. The molecule has 2 aromatic heterocycles. The van der Waals surface area contributed by atoms with Crippen LogP contribution < -0.4 is 4.90 Å². The molecule has 0 radical (unpaired) electrons. The van der Waals surface area contributed by atoms with Gasteiger partial charge in [-0.15, -0.1) is 0 Å². The largest absolute Gasteiger partial charge is 0.306 e. The molecule has 5 heteroatoms. The van der Waals surface area contributed by atoms with E-state index in [4.69, 9.17) is 4.98 Å². The minimum absolute atomic E-state index is 0.0338. The quantitative estimate of drug-likeness (QED) is 0.446.